The highest BCUT2D eigenvalue weighted by Gasteiger charge is 2.27. The van der Waals surface area contributed by atoms with Gasteiger partial charge in [0.25, 0.3) is 11.5 Å². The molecule has 5 N–H and O–H groups in total. The van der Waals surface area contributed by atoms with E-state index in [9.17, 15) is 18.8 Å². The van der Waals surface area contributed by atoms with Crippen molar-refractivity contribution in [3.63, 3.8) is 0 Å². The number of anilines is 2. The molecule has 0 aliphatic heterocycles. The maximum absolute atomic E-state index is 14.6. The van der Waals surface area contributed by atoms with Gasteiger partial charge in [-0.3, -0.25) is 14.4 Å². The predicted molar refractivity (Wildman–Crippen MR) is 149 cm³/mol. The Kier molecular flexibility index (Phi) is 7.67. The highest BCUT2D eigenvalue weighted by atomic mass is 19.1. The highest BCUT2D eigenvalue weighted by Crippen LogP contribution is 2.30. The molecule has 0 saturated heterocycles. The fourth-order valence-electron chi connectivity index (χ4n) is 5.16. The number of halogens is 1. The average Bonchev–Trinajstić information content (AvgIpc) is 2.96. The number of nitrogens with zero attached hydrogens (tertiary/aromatic N) is 1. The van der Waals surface area contributed by atoms with Crippen molar-refractivity contribution in [3.8, 4) is 0 Å². The molecule has 1 aliphatic carbocycles. The highest BCUT2D eigenvalue weighted by molar-refractivity contribution is 5.95. The van der Waals surface area contributed by atoms with E-state index in [0.717, 1.165) is 12.8 Å². The summed E-state index contributed by atoms with van der Waals surface area (Å²) in [6.07, 6.45) is 3.33. The molecule has 0 atom stereocenters. The third-order valence-corrected chi connectivity index (χ3v) is 7.41. The Morgan fingerprint density at radius 1 is 0.974 bits per heavy atom. The summed E-state index contributed by atoms with van der Waals surface area (Å²) in [4.78, 5) is 37.6. The van der Waals surface area contributed by atoms with Crippen LogP contribution < -0.4 is 21.9 Å². The van der Waals surface area contributed by atoms with Crippen LogP contribution in [-0.4, -0.2) is 28.6 Å². The normalized spacial score (nSPS) is 17.1. The molecule has 0 unspecified atom stereocenters. The van der Waals surface area contributed by atoms with Crippen molar-refractivity contribution in [3.05, 3.63) is 99.7 Å². The van der Waals surface area contributed by atoms with Gasteiger partial charge in [-0.2, -0.15) is 5.10 Å². The van der Waals surface area contributed by atoms with E-state index in [2.05, 4.69) is 20.8 Å². The number of carbonyl (C=O) groups excluding carboxylic acids is 2. The van der Waals surface area contributed by atoms with Gasteiger partial charge >= 0.3 is 0 Å². The van der Waals surface area contributed by atoms with Crippen LogP contribution in [-0.2, 0) is 11.2 Å². The zero-order valence-electron chi connectivity index (χ0n) is 21.4. The van der Waals surface area contributed by atoms with Gasteiger partial charge in [0.15, 0.2) is 0 Å². The Labute approximate surface area is 224 Å². The molecule has 1 aromatic heterocycles. The molecule has 200 valence electrons. The van der Waals surface area contributed by atoms with E-state index in [-0.39, 0.29) is 28.9 Å². The van der Waals surface area contributed by atoms with E-state index >= 15 is 0 Å². The monoisotopic (exact) mass is 527 g/mol. The van der Waals surface area contributed by atoms with Crippen LogP contribution in [0.5, 0.6) is 0 Å². The smallest absolute Gasteiger partial charge is 0.272 e. The number of hydrogen-bond acceptors (Lipinski definition) is 5. The fraction of sp³-hybridized carbons (Fsp3) is 0.267. The molecular formula is C30H30FN5O3. The number of para-hydroxylation sites is 2. The minimum absolute atomic E-state index is 0.0326. The van der Waals surface area contributed by atoms with Crippen LogP contribution in [0.2, 0.25) is 0 Å². The van der Waals surface area contributed by atoms with E-state index in [1.165, 1.54) is 12.1 Å². The number of nitrogen functional groups attached to an aromatic ring is 1. The lowest BCUT2D eigenvalue weighted by Gasteiger charge is -2.28. The van der Waals surface area contributed by atoms with E-state index in [1.54, 1.807) is 30.3 Å². The molecule has 0 bridgehead atoms. The number of aromatic nitrogens is 2. The van der Waals surface area contributed by atoms with Crippen LogP contribution in [0, 0.1) is 17.7 Å². The number of H-pyrrole nitrogens is 1. The van der Waals surface area contributed by atoms with Gasteiger partial charge in [0, 0.05) is 24.3 Å². The first-order valence-electron chi connectivity index (χ1n) is 13.1. The van der Waals surface area contributed by atoms with Crippen LogP contribution in [0.25, 0.3) is 10.8 Å². The van der Waals surface area contributed by atoms with Crippen molar-refractivity contribution in [2.45, 2.75) is 32.1 Å². The summed E-state index contributed by atoms with van der Waals surface area (Å²) in [7, 11) is 0. The second-order valence-electron chi connectivity index (χ2n) is 10.0. The number of amides is 2. The Balaban J connectivity index is 1.17. The van der Waals surface area contributed by atoms with Crippen LogP contribution in [0.15, 0.2) is 71.5 Å². The molecule has 5 rings (SSSR count). The van der Waals surface area contributed by atoms with Crippen molar-refractivity contribution in [1.82, 2.24) is 15.5 Å². The number of benzene rings is 3. The van der Waals surface area contributed by atoms with Gasteiger partial charge in [-0.05, 0) is 67.5 Å². The van der Waals surface area contributed by atoms with Crippen molar-refractivity contribution in [2.24, 2.45) is 11.8 Å². The lowest BCUT2D eigenvalue weighted by molar-refractivity contribution is -0.121. The second kappa shape index (κ2) is 11.5. The largest absolute Gasteiger partial charge is 0.397 e. The summed E-state index contributed by atoms with van der Waals surface area (Å²) >= 11 is 0. The average molecular weight is 528 g/mol. The molecule has 1 aliphatic rings. The number of fused-ring (bicyclic) bond motifs is 1. The van der Waals surface area contributed by atoms with Crippen molar-refractivity contribution >= 4 is 34.0 Å². The van der Waals surface area contributed by atoms with Gasteiger partial charge in [0.05, 0.1) is 28.0 Å². The second-order valence-corrected chi connectivity index (χ2v) is 10.0. The Morgan fingerprint density at radius 3 is 2.46 bits per heavy atom. The molecule has 1 saturated carbocycles. The molecule has 4 aromatic rings. The third-order valence-electron chi connectivity index (χ3n) is 7.41. The standard InChI is InChI=1S/C30H30FN5O3/c31-24-14-11-19(16-27-21-5-1-2-6-22(21)30(39)36-35-27)15-23(24)29(38)33-17-18-9-12-20(13-10-18)28(37)34-26-8-4-3-7-25(26)32/h1-8,11,14-15,18,20H,9-10,12-13,16-17,32H2,(H,33,38)(H,34,37)(H,36,39). The van der Waals surface area contributed by atoms with Gasteiger partial charge in [-0.25, -0.2) is 9.49 Å². The van der Waals surface area contributed by atoms with Crippen molar-refractivity contribution < 1.29 is 14.0 Å². The van der Waals surface area contributed by atoms with Gasteiger partial charge in [-0.1, -0.05) is 36.4 Å². The zero-order valence-corrected chi connectivity index (χ0v) is 21.4. The summed E-state index contributed by atoms with van der Waals surface area (Å²) in [5.74, 6) is -1.02. The van der Waals surface area contributed by atoms with Crippen molar-refractivity contribution in [1.29, 1.82) is 0 Å². The quantitative estimate of drug-likeness (QED) is 0.265. The number of nitrogens with one attached hydrogen (secondary N) is 3. The lowest BCUT2D eigenvalue weighted by Crippen LogP contribution is -2.34. The molecule has 3 aromatic carbocycles. The van der Waals surface area contributed by atoms with E-state index < -0.39 is 11.7 Å². The summed E-state index contributed by atoms with van der Waals surface area (Å²) in [6, 6.07) is 18.7. The molecule has 0 spiro atoms. The number of aromatic amines is 1. The first-order valence-corrected chi connectivity index (χ1v) is 13.1. The van der Waals surface area contributed by atoms with Gasteiger partial charge in [0.2, 0.25) is 5.91 Å². The topological polar surface area (TPSA) is 130 Å². The first kappa shape index (κ1) is 26.1. The molecule has 2 amide bonds. The summed E-state index contributed by atoms with van der Waals surface area (Å²) in [5.41, 5.74) is 8.11. The van der Waals surface area contributed by atoms with Gasteiger partial charge < -0.3 is 16.4 Å². The predicted octanol–water partition coefficient (Wildman–Crippen LogP) is 4.41. The van der Waals surface area contributed by atoms with Gasteiger partial charge in [-0.15, -0.1) is 0 Å². The molecule has 1 fully saturated rings. The minimum atomic E-state index is -0.601. The lowest BCUT2D eigenvalue weighted by atomic mass is 9.81. The Bertz CT molecular complexity index is 1580. The number of rotatable bonds is 7. The number of hydrogen-bond donors (Lipinski definition) is 4. The molecular weight excluding hydrogens is 497 g/mol. The van der Waals surface area contributed by atoms with Gasteiger partial charge in [0.1, 0.15) is 5.82 Å². The number of carbonyl (C=O) groups is 2. The summed E-state index contributed by atoms with van der Waals surface area (Å²) < 4.78 is 14.6. The van der Waals surface area contributed by atoms with E-state index in [4.69, 9.17) is 5.73 Å². The Hall–Kier alpha value is -4.53. The fourth-order valence-corrected chi connectivity index (χ4v) is 5.16. The van der Waals surface area contributed by atoms with Crippen LogP contribution in [0.3, 0.4) is 0 Å². The molecule has 0 radical (unpaired) electrons. The first-order chi connectivity index (χ1) is 18.9. The SMILES string of the molecule is Nc1ccccc1NC(=O)C1CCC(CNC(=O)c2cc(Cc3n[nH]c(=O)c4ccccc34)ccc2F)CC1. The molecule has 8 nitrogen and oxygen atoms in total. The molecule has 9 heteroatoms. The van der Waals surface area contributed by atoms with E-state index in [1.807, 2.05) is 24.3 Å². The summed E-state index contributed by atoms with van der Waals surface area (Å²) in [5, 5.41) is 13.7. The van der Waals surface area contributed by atoms with Crippen LogP contribution in [0.4, 0.5) is 15.8 Å². The number of nitrogens with two attached hydrogens (primary N) is 1. The zero-order chi connectivity index (χ0) is 27.4. The minimum Gasteiger partial charge on any atom is -0.397 e. The van der Waals surface area contributed by atoms with E-state index in [0.29, 0.717) is 59.2 Å². The van der Waals surface area contributed by atoms with Crippen LogP contribution >= 0.6 is 0 Å². The van der Waals surface area contributed by atoms with Crippen molar-refractivity contribution in [2.75, 3.05) is 17.6 Å². The summed E-state index contributed by atoms with van der Waals surface area (Å²) in [6.45, 7) is 0.411. The Morgan fingerprint density at radius 2 is 1.69 bits per heavy atom. The third kappa shape index (κ3) is 5.98. The molecule has 39 heavy (non-hydrogen) atoms. The molecule has 1 heterocycles. The maximum atomic E-state index is 14.6. The maximum Gasteiger partial charge on any atom is 0.272 e. The van der Waals surface area contributed by atoms with Crippen LogP contribution in [0.1, 0.15) is 47.3 Å².